The number of halogens is 1. The van der Waals surface area contributed by atoms with Gasteiger partial charge in [-0.2, -0.15) is 11.8 Å². The van der Waals surface area contributed by atoms with Gasteiger partial charge in [0, 0.05) is 5.25 Å². The van der Waals surface area contributed by atoms with Crippen LogP contribution in [0.2, 0.25) is 0 Å². The summed E-state index contributed by atoms with van der Waals surface area (Å²) in [5.74, 6) is 1.42. The summed E-state index contributed by atoms with van der Waals surface area (Å²) < 4.78 is 0. The fourth-order valence-electron chi connectivity index (χ4n) is 0.966. The lowest BCUT2D eigenvalue weighted by atomic mass is 10.2. The highest BCUT2D eigenvalue weighted by Crippen LogP contribution is 2.27. The van der Waals surface area contributed by atoms with E-state index in [2.05, 4.69) is 18.7 Å². The second kappa shape index (κ2) is 4.19. The number of thioether (sulfide) groups is 1. The summed E-state index contributed by atoms with van der Waals surface area (Å²) in [5.41, 5.74) is 0. The van der Waals surface area contributed by atoms with Crippen LogP contribution in [-0.2, 0) is 0 Å². The lowest BCUT2D eigenvalue weighted by Gasteiger charge is -1.99. The van der Waals surface area contributed by atoms with E-state index in [0.717, 1.165) is 5.25 Å². The van der Waals surface area contributed by atoms with Crippen molar-refractivity contribution in [3.05, 3.63) is 0 Å². The summed E-state index contributed by atoms with van der Waals surface area (Å²) in [7, 11) is 0. The largest absolute Gasteiger partial charge is 0.269 e. The predicted octanol–water partition coefficient (Wildman–Crippen LogP) is 2.44. The molecule has 0 amide bonds. The van der Waals surface area contributed by atoms with E-state index in [1.54, 1.807) is 0 Å². The molecule has 0 saturated carbocycles. The first-order valence-electron chi connectivity index (χ1n) is 3.05. The van der Waals surface area contributed by atoms with Crippen LogP contribution in [0.25, 0.3) is 0 Å². The molecule has 0 aromatic carbocycles. The van der Waals surface area contributed by atoms with Crippen LogP contribution in [0.4, 0.5) is 4.70 Å². The van der Waals surface area contributed by atoms with Gasteiger partial charge < -0.3 is 0 Å². The Bertz CT molecular complexity index is 50.5. The molecule has 0 N–H and O–H groups in total. The number of rotatable bonds is 1. The first-order chi connectivity index (χ1) is 3.43. The van der Waals surface area contributed by atoms with Gasteiger partial charge in [-0.15, -0.1) is 0 Å². The Labute approximate surface area is 54.4 Å². The first kappa shape index (κ1) is 8.28. The summed E-state index contributed by atoms with van der Waals surface area (Å²) in [4.78, 5) is 0. The molecule has 0 bridgehead atoms. The molecule has 8 heavy (non-hydrogen) atoms. The van der Waals surface area contributed by atoms with Crippen LogP contribution in [0, 0.1) is 0 Å². The molecule has 0 radical (unpaired) electrons. The minimum Gasteiger partial charge on any atom is -0.269 e. The summed E-state index contributed by atoms with van der Waals surface area (Å²) in [6, 6.07) is 0. The standard InChI is InChI=1S/C6H12S.FH/c1-2-6-4-3-5-7-6;/h6H,2-5H2,1H3;1H. The van der Waals surface area contributed by atoms with E-state index in [9.17, 15) is 0 Å². The molecule has 1 aliphatic heterocycles. The van der Waals surface area contributed by atoms with Crippen LogP contribution in [0.3, 0.4) is 0 Å². The highest BCUT2D eigenvalue weighted by molar-refractivity contribution is 8.00. The summed E-state index contributed by atoms with van der Waals surface area (Å²) in [6.07, 6.45) is 4.31. The molecular weight excluding hydrogens is 123 g/mol. The Morgan fingerprint density at radius 2 is 2.38 bits per heavy atom. The Hall–Kier alpha value is 0.280. The smallest absolute Gasteiger partial charge is 0.00447 e. The van der Waals surface area contributed by atoms with Gasteiger partial charge in [0.15, 0.2) is 0 Å². The highest BCUT2D eigenvalue weighted by atomic mass is 32.2. The minimum atomic E-state index is 0. The minimum absolute atomic E-state index is 0. The molecule has 1 atom stereocenters. The molecule has 1 fully saturated rings. The molecule has 0 nitrogen and oxygen atoms in total. The number of hydrogen-bond acceptors (Lipinski definition) is 1. The molecular formula is C6H13FS. The average Bonchev–Trinajstić information content (AvgIpc) is 2.14. The Morgan fingerprint density at radius 1 is 1.62 bits per heavy atom. The molecule has 0 aromatic rings. The molecule has 0 spiro atoms. The van der Waals surface area contributed by atoms with Crippen molar-refractivity contribution in [2.75, 3.05) is 5.75 Å². The van der Waals surface area contributed by atoms with Crippen LogP contribution in [-0.4, -0.2) is 11.0 Å². The molecule has 1 unspecified atom stereocenters. The topological polar surface area (TPSA) is 0 Å². The van der Waals surface area contributed by atoms with E-state index in [1.165, 1.54) is 25.0 Å². The molecule has 1 heterocycles. The van der Waals surface area contributed by atoms with E-state index in [4.69, 9.17) is 0 Å². The van der Waals surface area contributed by atoms with Crippen LogP contribution in [0.5, 0.6) is 0 Å². The third-order valence-electron chi connectivity index (χ3n) is 1.48. The van der Waals surface area contributed by atoms with Crippen LogP contribution in [0.1, 0.15) is 26.2 Å². The van der Waals surface area contributed by atoms with Crippen molar-refractivity contribution < 1.29 is 4.70 Å². The van der Waals surface area contributed by atoms with Crippen LogP contribution >= 0.6 is 11.8 Å². The molecule has 0 aromatic heterocycles. The van der Waals surface area contributed by atoms with Gasteiger partial charge in [0.1, 0.15) is 0 Å². The quantitative estimate of drug-likeness (QED) is 0.533. The van der Waals surface area contributed by atoms with E-state index in [-0.39, 0.29) is 4.70 Å². The third-order valence-corrected chi connectivity index (χ3v) is 3.04. The van der Waals surface area contributed by atoms with E-state index in [0.29, 0.717) is 0 Å². The maximum Gasteiger partial charge on any atom is 0.00447 e. The second-order valence-electron chi connectivity index (χ2n) is 2.04. The predicted molar refractivity (Wildman–Crippen MR) is 38.3 cm³/mol. The van der Waals surface area contributed by atoms with Crippen molar-refractivity contribution in [3.8, 4) is 0 Å². The Balaban J connectivity index is 0.000000490. The van der Waals surface area contributed by atoms with Crippen LogP contribution in [0.15, 0.2) is 0 Å². The molecule has 1 saturated heterocycles. The van der Waals surface area contributed by atoms with Gasteiger partial charge in [-0.1, -0.05) is 6.92 Å². The van der Waals surface area contributed by atoms with Gasteiger partial charge >= 0.3 is 0 Å². The normalized spacial score (nSPS) is 27.4. The van der Waals surface area contributed by atoms with Crippen molar-refractivity contribution in [1.82, 2.24) is 0 Å². The summed E-state index contributed by atoms with van der Waals surface area (Å²) in [5, 5.41) is 1.01. The van der Waals surface area contributed by atoms with E-state index >= 15 is 0 Å². The fraction of sp³-hybridized carbons (Fsp3) is 1.00. The summed E-state index contributed by atoms with van der Waals surface area (Å²) in [6.45, 7) is 2.28. The molecule has 1 aliphatic rings. The maximum absolute atomic E-state index is 2.28. The fourth-order valence-corrected chi connectivity index (χ4v) is 2.20. The zero-order valence-corrected chi connectivity index (χ0v) is 6.04. The molecule has 50 valence electrons. The van der Waals surface area contributed by atoms with Gasteiger partial charge in [0.25, 0.3) is 0 Å². The van der Waals surface area contributed by atoms with Crippen molar-refractivity contribution in [1.29, 1.82) is 0 Å². The lowest BCUT2D eigenvalue weighted by Crippen LogP contribution is -1.90. The van der Waals surface area contributed by atoms with Crippen molar-refractivity contribution in [2.24, 2.45) is 0 Å². The average molecular weight is 136 g/mol. The van der Waals surface area contributed by atoms with Gasteiger partial charge in [0.2, 0.25) is 0 Å². The maximum atomic E-state index is 2.28. The zero-order chi connectivity index (χ0) is 5.11. The van der Waals surface area contributed by atoms with Crippen molar-refractivity contribution in [3.63, 3.8) is 0 Å². The monoisotopic (exact) mass is 136 g/mol. The van der Waals surface area contributed by atoms with Crippen molar-refractivity contribution in [2.45, 2.75) is 31.4 Å². The van der Waals surface area contributed by atoms with Gasteiger partial charge in [-0.3, -0.25) is 4.70 Å². The number of hydrogen-bond donors (Lipinski definition) is 0. The first-order valence-corrected chi connectivity index (χ1v) is 4.10. The molecule has 2 heteroatoms. The second-order valence-corrected chi connectivity index (χ2v) is 3.45. The zero-order valence-electron chi connectivity index (χ0n) is 5.22. The molecule has 0 aliphatic carbocycles. The summed E-state index contributed by atoms with van der Waals surface area (Å²) >= 11 is 2.14. The Kier molecular flexibility index (Phi) is 4.33. The Morgan fingerprint density at radius 3 is 2.62 bits per heavy atom. The SMILES string of the molecule is CCC1CCCS1.F. The van der Waals surface area contributed by atoms with Gasteiger partial charge in [0.05, 0.1) is 0 Å². The lowest BCUT2D eigenvalue weighted by molar-refractivity contribution is 0.759. The van der Waals surface area contributed by atoms with Gasteiger partial charge in [-0.05, 0) is 25.0 Å². The van der Waals surface area contributed by atoms with Crippen molar-refractivity contribution >= 4 is 11.8 Å². The van der Waals surface area contributed by atoms with E-state index < -0.39 is 0 Å². The third kappa shape index (κ3) is 2.03. The van der Waals surface area contributed by atoms with Gasteiger partial charge in [-0.25, -0.2) is 0 Å². The highest BCUT2D eigenvalue weighted by Gasteiger charge is 2.11. The molecule has 1 rings (SSSR count). The van der Waals surface area contributed by atoms with Crippen LogP contribution < -0.4 is 0 Å². The van der Waals surface area contributed by atoms with E-state index in [1.807, 2.05) is 0 Å².